The lowest BCUT2D eigenvalue weighted by Gasteiger charge is -2.09. The predicted molar refractivity (Wildman–Crippen MR) is 100 cm³/mol. The lowest BCUT2D eigenvalue weighted by Crippen LogP contribution is -2.18. The van der Waals surface area contributed by atoms with Gasteiger partial charge in [0.25, 0.3) is 11.6 Å². The van der Waals surface area contributed by atoms with Crippen molar-refractivity contribution >= 4 is 28.6 Å². The summed E-state index contributed by atoms with van der Waals surface area (Å²) in [6.45, 7) is 0. The maximum atomic E-state index is 12.4. The average molecular weight is 365 g/mol. The van der Waals surface area contributed by atoms with Crippen molar-refractivity contribution in [2.24, 2.45) is 5.10 Å². The molecule has 3 aromatic carbocycles. The normalized spacial score (nSPS) is 10.9. The number of hydrogen-bond acceptors (Lipinski definition) is 6. The smallest absolute Gasteiger partial charge is 0.275 e. The minimum absolute atomic E-state index is 0.106. The maximum Gasteiger partial charge on any atom is 0.275 e. The van der Waals surface area contributed by atoms with Gasteiger partial charge in [-0.15, -0.1) is 0 Å². The number of nitrogens with one attached hydrogen (secondary N) is 1. The van der Waals surface area contributed by atoms with Gasteiger partial charge in [0, 0.05) is 17.7 Å². The number of hydrazone groups is 1. The van der Waals surface area contributed by atoms with E-state index in [9.17, 15) is 20.0 Å². The largest absolute Gasteiger partial charge is 0.507 e. The third-order valence-electron chi connectivity index (χ3n) is 3.90. The second-order valence-electron chi connectivity index (χ2n) is 5.60. The van der Waals surface area contributed by atoms with Gasteiger partial charge in [0.2, 0.25) is 0 Å². The van der Waals surface area contributed by atoms with Gasteiger partial charge in [-0.2, -0.15) is 5.10 Å². The molecule has 3 aromatic rings. The zero-order valence-corrected chi connectivity index (χ0v) is 14.2. The molecule has 0 bridgehead atoms. The molecular formula is C19H15N3O5. The summed E-state index contributed by atoms with van der Waals surface area (Å²) in [5, 5.41) is 26.1. The Morgan fingerprint density at radius 2 is 1.89 bits per heavy atom. The van der Waals surface area contributed by atoms with Gasteiger partial charge in [-0.25, -0.2) is 5.43 Å². The summed E-state index contributed by atoms with van der Waals surface area (Å²) in [5.74, 6) is -0.319. The van der Waals surface area contributed by atoms with Crippen molar-refractivity contribution in [3.63, 3.8) is 0 Å². The summed E-state index contributed by atoms with van der Waals surface area (Å²) in [4.78, 5) is 22.7. The van der Waals surface area contributed by atoms with Crippen LogP contribution in [0.5, 0.6) is 11.5 Å². The number of carbonyl (C=O) groups excluding carboxylic acids is 1. The van der Waals surface area contributed by atoms with Crippen LogP contribution in [0.1, 0.15) is 15.9 Å². The van der Waals surface area contributed by atoms with Crippen molar-refractivity contribution in [1.29, 1.82) is 0 Å². The summed E-state index contributed by atoms with van der Waals surface area (Å²) in [5.41, 5.74) is 2.53. The van der Waals surface area contributed by atoms with Gasteiger partial charge in [-0.05, 0) is 29.0 Å². The molecule has 0 unspecified atom stereocenters. The van der Waals surface area contributed by atoms with Gasteiger partial charge >= 0.3 is 0 Å². The summed E-state index contributed by atoms with van der Waals surface area (Å²) in [6.07, 6.45) is 1.13. The first kappa shape index (κ1) is 17.9. The van der Waals surface area contributed by atoms with Crippen molar-refractivity contribution < 1.29 is 19.6 Å². The number of nitrogens with zero attached hydrogens (tertiary/aromatic N) is 2. The molecule has 0 aliphatic carbocycles. The number of non-ortho nitro benzene ring substituents is 1. The summed E-state index contributed by atoms with van der Waals surface area (Å²) >= 11 is 0. The van der Waals surface area contributed by atoms with Crippen molar-refractivity contribution in [3.05, 3.63) is 75.8 Å². The van der Waals surface area contributed by atoms with Crippen LogP contribution in [0.3, 0.4) is 0 Å². The van der Waals surface area contributed by atoms with Crippen molar-refractivity contribution in [1.82, 2.24) is 5.43 Å². The monoisotopic (exact) mass is 365 g/mol. The van der Waals surface area contributed by atoms with Crippen molar-refractivity contribution in [3.8, 4) is 11.5 Å². The molecule has 0 aromatic heterocycles. The number of nitro benzene ring substituents is 1. The van der Waals surface area contributed by atoms with Crippen LogP contribution in [0.15, 0.2) is 59.7 Å². The highest BCUT2D eigenvalue weighted by Gasteiger charge is 2.13. The Kier molecular flexibility index (Phi) is 4.98. The molecule has 3 rings (SSSR count). The van der Waals surface area contributed by atoms with E-state index >= 15 is 0 Å². The van der Waals surface area contributed by atoms with E-state index in [0.717, 1.165) is 23.1 Å². The van der Waals surface area contributed by atoms with Gasteiger partial charge < -0.3 is 9.84 Å². The average Bonchev–Trinajstić information content (AvgIpc) is 2.68. The number of carbonyl (C=O) groups is 1. The van der Waals surface area contributed by atoms with Crippen LogP contribution in [-0.4, -0.2) is 29.3 Å². The SMILES string of the molecule is COc1cc2ccccc2cc1C(=O)N/N=C/c1cc([N+](=O)[O-])ccc1O. The van der Waals surface area contributed by atoms with Crippen LogP contribution in [0, 0.1) is 10.1 Å². The third-order valence-corrected chi connectivity index (χ3v) is 3.90. The fourth-order valence-electron chi connectivity index (χ4n) is 2.55. The summed E-state index contributed by atoms with van der Waals surface area (Å²) in [7, 11) is 1.46. The van der Waals surface area contributed by atoms with E-state index in [1.807, 2.05) is 24.3 Å². The second kappa shape index (κ2) is 7.52. The van der Waals surface area contributed by atoms with E-state index in [0.29, 0.717) is 5.75 Å². The number of phenolic OH excluding ortho intramolecular Hbond substituents is 1. The summed E-state index contributed by atoms with van der Waals surface area (Å²) in [6, 6.07) is 14.5. The Bertz CT molecular complexity index is 1060. The molecule has 136 valence electrons. The molecule has 0 heterocycles. The molecule has 0 saturated heterocycles. The molecule has 8 heteroatoms. The van der Waals surface area contributed by atoms with E-state index in [1.165, 1.54) is 19.2 Å². The number of benzene rings is 3. The molecule has 0 radical (unpaired) electrons. The highest BCUT2D eigenvalue weighted by atomic mass is 16.6. The number of rotatable bonds is 5. The van der Waals surface area contributed by atoms with Crippen LogP contribution >= 0.6 is 0 Å². The van der Waals surface area contributed by atoms with Crippen LogP contribution in [0.4, 0.5) is 5.69 Å². The number of phenols is 1. The van der Waals surface area contributed by atoms with Gasteiger partial charge in [-0.3, -0.25) is 14.9 Å². The molecular weight excluding hydrogens is 350 g/mol. The molecule has 0 fully saturated rings. The Hall–Kier alpha value is -3.94. The molecule has 0 spiro atoms. The third kappa shape index (κ3) is 3.84. The Morgan fingerprint density at radius 3 is 2.56 bits per heavy atom. The lowest BCUT2D eigenvalue weighted by atomic mass is 10.1. The first-order valence-corrected chi connectivity index (χ1v) is 7.87. The highest BCUT2D eigenvalue weighted by molar-refractivity contribution is 6.02. The van der Waals surface area contributed by atoms with Crippen LogP contribution in [0.2, 0.25) is 0 Å². The Morgan fingerprint density at radius 1 is 1.19 bits per heavy atom. The first-order valence-electron chi connectivity index (χ1n) is 7.87. The number of ether oxygens (including phenoxy) is 1. The highest BCUT2D eigenvalue weighted by Crippen LogP contribution is 2.26. The Labute approximate surface area is 153 Å². The number of fused-ring (bicyclic) bond motifs is 1. The first-order chi connectivity index (χ1) is 13.0. The fourth-order valence-corrected chi connectivity index (χ4v) is 2.55. The van der Waals surface area contributed by atoms with Gasteiger partial charge in [0.1, 0.15) is 11.5 Å². The number of aromatic hydroxyl groups is 1. The van der Waals surface area contributed by atoms with E-state index in [2.05, 4.69) is 10.5 Å². The second-order valence-corrected chi connectivity index (χ2v) is 5.60. The van der Waals surface area contributed by atoms with Crippen LogP contribution < -0.4 is 10.2 Å². The standard InChI is InChI=1S/C19H15N3O5/c1-27-18-10-13-5-3-2-4-12(13)9-16(18)19(24)21-20-11-14-8-15(22(25)26)6-7-17(14)23/h2-11,23H,1H3,(H,21,24)/b20-11+. The summed E-state index contributed by atoms with van der Waals surface area (Å²) < 4.78 is 5.27. The number of amides is 1. The van der Waals surface area contributed by atoms with Crippen molar-refractivity contribution in [2.45, 2.75) is 0 Å². The molecule has 1 amide bonds. The zero-order valence-electron chi connectivity index (χ0n) is 14.2. The van der Waals surface area contributed by atoms with E-state index in [1.54, 1.807) is 12.1 Å². The number of hydrogen-bond donors (Lipinski definition) is 2. The minimum Gasteiger partial charge on any atom is -0.507 e. The molecule has 0 atom stereocenters. The van der Waals surface area contributed by atoms with E-state index in [-0.39, 0.29) is 22.6 Å². The number of methoxy groups -OCH3 is 1. The van der Waals surface area contributed by atoms with Gasteiger partial charge in [-0.1, -0.05) is 24.3 Å². The van der Waals surface area contributed by atoms with Crippen LogP contribution in [0.25, 0.3) is 10.8 Å². The molecule has 0 aliphatic heterocycles. The van der Waals surface area contributed by atoms with E-state index < -0.39 is 10.8 Å². The van der Waals surface area contributed by atoms with Crippen LogP contribution in [-0.2, 0) is 0 Å². The fraction of sp³-hybridized carbons (Fsp3) is 0.0526. The molecule has 2 N–H and O–H groups in total. The van der Waals surface area contributed by atoms with E-state index in [4.69, 9.17) is 4.74 Å². The molecule has 27 heavy (non-hydrogen) atoms. The van der Waals surface area contributed by atoms with Gasteiger partial charge in [0.05, 0.1) is 23.8 Å². The minimum atomic E-state index is -0.588. The topological polar surface area (TPSA) is 114 Å². The zero-order chi connectivity index (χ0) is 19.4. The number of nitro groups is 1. The predicted octanol–water partition coefficient (Wildman–Crippen LogP) is 3.23. The maximum absolute atomic E-state index is 12.4. The molecule has 8 nitrogen and oxygen atoms in total. The molecule has 0 saturated carbocycles. The quantitative estimate of drug-likeness (QED) is 0.409. The van der Waals surface area contributed by atoms with Crippen molar-refractivity contribution in [2.75, 3.05) is 7.11 Å². The van der Waals surface area contributed by atoms with Gasteiger partial charge in [0.15, 0.2) is 0 Å². The lowest BCUT2D eigenvalue weighted by molar-refractivity contribution is -0.384. The molecule has 0 aliphatic rings. The Balaban J connectivity index is 1.84.